The van der Waals surface area contributed by atoms with Crippen LogP contribution in [0, 0.1) is 6.92 Å². The number of hydrogen-bond acceptors (Lipinski definition) is 5. The number of imidazole rings is 1. The molecular weight excluding hydrogens is 402 g/mol. The van der Waals surface area contributed by atoms with Crippen LogP contribution in [0.2, 0.25) is 0 Å². The Labute approximate surface area is 189 Å². The molecule has 1 aromatic carbocycles. The van der Waals surface area contributed by atoms with E-state index in [1.807, 2.05) is 0 Å². The zero-order valence-corrected chi connectivity index (χ0v) is 19.9. The molecule has 1 atom stereocenters. The number of rotatable bonds is 6. The molecule has 0 amide bonds. The van der Waals surface area contributed by atoms with E-state index >= 15 is 0 Å². The summed E-state index contributed by atoms with van der Waals surface area (Å²) in [6.07, 6.45) is 8.09. The molecule has 0 bridgehead atoms. The summed E-state index contributed by atoms with van der Waals surface area (Å²) >= 11 is 1.69. The minimum absolute atomic E-state index is 0.372. The van der Waals surface area contributed by atoms with Crippen molar-refractivity contribution >= 4 is 16.3 Å². The first-order valence-electron chi connectivity index (χ1n) is 11.9. The second kappa shape index (κ2) is 8.64. The number of nitrogens with zero attached hydrogens (tertiary/aromatic N) is 4. The van der Waals surface area contributed by atoms with Gasteiger partial charge in [-0.05, 0) is 37.7 Å². The van der Waals surface area contributed by atoms with Gasteiger partial charge in [0.15, 0.2) is 0 Å². The van der Waals surface area contributed by atoms with Crippen LogP contribution in [0.25, 0.3) is 4.96 Å². The molecule has 1 aliphatic heterocycles. The lowest BCUT2D eigenvalue weighted by Gasteiger charge is -2.41. The molecule has 1 spiro atoms. The van der Waals surface area contributed by atoms with E-state index < -0.39 is 0 Å². The molecule has 2 fully saturated rings. The molecule has 3 aromatic rings. The van der Waals surface area contributed by atoms with Crippen molar-refractivity contribution in [2.45, 2.75) is 89.9 Å². The van der Waals surface area contributed by atoms with Crippen LogP contribution < -0.4 is 5.32 Å². The highest BCUT2D eigenvalue weighted by atomic mass is 32.1. The van der Waals surface area contributed by atoms with Gasteiger partial charge < -0.3 is 5.32 Å². The molecule has 1 unspecified atom stereocenters. The van der Waals surface area contributed by atoms with Gasteiger partial charge in [-0.1, -0.05) is 74.8 Å². The van der Waals surface area contributed by atoms with E-state index in [9.17, 15) is 0 Å². The van der Waals surface area contributed by atoms with Gasteiger partial charge in [0.05, 0.1) is 11.4 Å². The van der Waals surface area contributed by atoms with Gasteiger partial charge in [-0.2, -0.15) is 5.10 Å². The third-order valence-electron chi connectivity index (χ3n) is 7.27. The van der Waals surface area contributed by atoms with Crippen molar-refractivity contribution in [1.82, 2.24) is 24.8 Å². The molecule has 1 saturated carbocycles. The Morgan fingerprint density at radius 2 is 1.94 bits per heavy atom. The molecule has 0 radical (unpaired) electrons. The van der Waals surface area contributed by atoms with Crippen LogP contribution in [-0.4, -0.2) is 37.6 Å². The number of fused-ring (bicyclic) bond motifs is 1. The van der Waals surface area contributed by atoms with Crippen molar-refractivity contribution in [2.24, 2.45) is 0 Å². The number of nitrogens with one attached hydrogen (secondary N) is 1. The third-order valence-corrected chi connectivity index (χ3v) is 8.10. The molecular formula is C25H35N5S. The lowest BCUT2D eigenvalue weighted by Crippen LogP contribution is -2.44. The third kappa shape index (κ3) is 4.18. The summed E-state index contributed by atoms with van der Waals surface area (Å²) in [7, 11) is 0. The summed E-state index contributed by atoms with van der Waals surface area (Å²) in [6.45, 7) is 9.57. The quantitative estimate of drug-likeness (QED) is 0.569. The first kappa shape index (κ1) is 21.1. The standard InChI is InChI=1S/C25H35N5S/c1-18(2)23-22(30-24(27-23)31-19(3)28-30)15-26-21-14-25(12-8-5-9-13-25)29(17-21)16-20-10-6-4-7-11-20/h4,6-7,10-11,18,21,26H,5,8-9,12-17H2,1-3H3. The molecule has 166 valence electrons. The van der Waals surface area contributed by atoms with Crippen LogP contribution in [0.1, 0.15) is 80.2 Å². The van der Waals surface area contributed by atoms with Crippen molar-refractivity contribution in [3.63, 3.8) is 0 Å². The molecule has 3 heterocycles. The first-order chi connectivity index (χ1) is 15.0. The van der Waals surface area contributed by atoms with Gasteiger partial charge in [-0.3, -0.25) is 4.90 Å². The molecule has 2 aliphatic rings. The Hall–Kier alpha value is -1.76. The maximum atomic E-state index is 4.90. The highest BCUT2D eigenvalue weighted by molar-refractivity contribution is 7.16. The number of likely N-dealkylation sites (tertiary alicyclic amines) is 1. The number of aromatic nitrogens is 3. The predicted molar refractivity (Wildman–Crippen MR) is 128 cm³/mol. The van der Waals surface area contributed by atoms with Crippen LogP contribution in [0.5, 0.6) is 0 Å². The average molecular weight is 438 g/mol. The molecule has 1 aliphatic carbocycles. The van der Waals surface area contributed by atoms with Gasteiger partial charge in [0.2, 0.25) is 4.96 Å². The normalized spacial score (nSPS) is 21.6. The summed E-state index contributed by atoms with van der Waals surface area (Å²) in [5, 5.41) is 9.75. The average Bonchev–Trinajstić information content (AvgIpc) is 3.39. The SMILES string of the molecule is Cc1nn2c(CNC3CN(Cc4ccccc4)C4(CCCCC4)C3)c(C(C)C)nc2s1. The fourth-order valence-corrected chi connectivity index (χ4v) is 6.55. The van der Waals surface area contributed by atoms with Crippen LogP contribution >= 0.6 is 11.3 Å². The molecule has 5 nitrogen and oxygen atoms in total. The Kier molecular flexibility index (Phi) is 5.88. The zero-order chi connectivity index (χ0) is 21.4. The topological polar surface area (TPSA) is 45.5 Å². The Morgan fingerprint density at radius 1 is 1.16 bits per heavy atom. The number of hydrogen-bond donors (Lipinski definition) is 1. The van der Waals surface area contributed by atoms with Crippen LogP contribution in [0.15, 0.2) is 30.3 Å². The molecule has 2 aromatic heterocycles. The fourth-order valence-electron chi connectivity index (χ4n) is 5.79. The van der Waals surface area contributed by atoms with Crippen LogP contribution in [0.4, 0.5) is 0 Å². The second-order valence-electron chi connectivity index (χ2n) is 9.85. The van der Waals surface area contributed by atoms with Gasteiger partial charge in [-0.25, -0.2) is 9.50 Å². The fraction of sp³-hybridized carbons (Fsp3) is 0.600. The van der Waals surface area contributed by atoms with E-state index in [4.69, 9.17) is 10.1 Å². The second-order valence-corrected chi connectivity index (χ2v) is 11.0. The Morgan fingerprint density at radius 3 is 2.68 bits per heavy atom. The minimum atomic E-state index is 0.372. The largest absolute Gasteiger partial charge is 0.307 e. The Balaban J connectivity index is 1.34. The van der Waals surface area contributed by atoms with Crippen LogP contribution in [0.3, 0.4) is 0 Å². The van der Waals surface area contributed by atoms with Crippen molar-refractivity contribution < 1.29 is 0 Å². The minimum Gasteiger partial charge on any atom is -0.307 e. The van der Waals surface area contributed by atoms with E-state index in [2.05, 4.69) is 65.8 Å². The molecule has 31 heavy (non-hydrogen) atoms. The van der Waals surface area contributed by atoms with Crippen molar-refractivity contribution in [3.8, 4) is 0 Å². The van der Waals surface area contributed by atoms with Crippen LogP contribution in [-0.2, 0) is 13.1 Å². The van der Waals surface area contributed by atoms with Crippen molar-refractivity contribution in [1.29, 1.82) is 0 Å². The number of benzene rings is 1. The van der Waals surface area contributed by atoms with E-state index in [-0.39, 0.29) is 0 Å². The molecule has 1 N–H and O–H groups in total. The molecule has 1 saturated heterocycles. The smallest absolute Gasteiger partial charge is 0.212 e. The van der Waals surface area contributed by atoms with Gasteiger partial charge in [0.1, 0.15) is 5.01 Å². The van der Waals surface area contributed by atoms with E-state index in [0.29, 0.717) is 17.5 Å². The molecule has 5 rings (SSSR count). The first-order valence-corrected chi connectivity index (χ1v) is 12.7. The van der Waals surface area contributed by atoms with Gasteiger partial charge >= 0.3 is 0 Å². The monoisotopic (exact) mass is 437 g/mol. The van der Waals surface area contributed by atoms with E-state index in [0.717, 1.165) is 29.6 Å². The highest BCUT2D eigenvalue weighted by Gasteiger charge is 2.45. The Bertz CT molecular complexity index is 1020. The summed E-state index contributed by atoms with van der Waals surface area (Å²) in [5.74, 6) is 0.411. The van der Waals surface area contributed by atoms with E-state index in [1.54, 1.807) is 11.3 Å². The summed E-state index contributed by atoms with van der Waals surface area (Å²) in [6, 6.07) is 11.5. The van der Waals surface area contributed by atoms with Crippen molar-refractivity contribution in [3.05, 3.63) is 52.3 Å². The lowest BCUT2D eigenvalue weighted by atomic mass is 9.79. The summed E-state index contributed by atoms with van der Waals surface area (Å²) < 4.78 is 2.08. The highest BCUT2D eigenvalue weighted by Crippen LogP contribution is 2.42. The lowest BCUT2D eigenvalue weighted by molar-refractivity contribution is 0.0858. The molecule has 6 heteroatoms. The zero-order valence-electron chi connectivity index (χ0n) is 19.1. The van der Waals surface area contributed by atoms with Gasteiger partial charge in [0.25, 0.3) is 0 Å². The van der Waals surface area contributed by atoms with Crippen molar-refractivity contribution in [2.75, 3.05) is 6.54 Å². The van der Waals surface area contributed by atoms with Gasteiger partial charge in [-0.15, -0.1) is 0 Å². The summed E-state index contributed by atoms with van der Waals surface area (Å²) in [5.41, 5.74) is 4.24. The maximum absolute atomic E-state index is 4.90. The predicted octanol–water partition coefficient (Wildman–Crippen LogP) is 5.29. The van der Waals surface area contributed by atoms with Gasteiger partial charge in [0, 0.05) is 31.2 Å². The maximum Gasteiger partial charge on any atom is 0.212 e. The van der Waals surface area contributed by atoms with E-state index in [1.165, 1.54) is 55.5 Å². The number of aryl methyl sites for hydroxylation is 1. The summed E-state index contributed by atoms with van der Waals surface area (Å²) in [4.78, 5) is 8.72.